The normalized spacial score (nSPS) is 11.4. The Bertz CT molecular complexity index is 424. The van der Waals surface area contributed by atoms with Crippen LogP contribution in [0.1, 0.15) is 38.7 Å². The predicted octanol–water partition coefficient (Wildman–Crippen LogP) is 3.56. The molecule has 0 aliphatic rings. The van der Waals surface area contributed by atoms with Gasteiger partial charge in [0.15, 0.2) is 0 Å². The smallest absolute Gasteiger partial charge is 0.0963 e. The van der Waals surface area contributed by atoms with Gasteiger partial charge < -0.3 is 10.6 Å². The van der Waals surface area contributed by atoms with Gasteiger partial charge in [-0.05, 0) is 37.5 Å². The maximum atomic E-state index is 7.54. The van der Waals surface area contributed by atoms with Crippen molar-refractivity contribution in [2.75, 3.05) is 18.5 Å². The van der Waals surface area contributed by atoms with Crippen molar-refractivity contribution in [3.8, 4) is 0 Å². The summed E-state index contributed by atoms with van der Waals surface area (Å²) in [7, 11) is 2.13. The first kappa shape index (κ1) is 15.5. The molecule has 0 unspecified atom stereocenters. The Balaban J connectivity index is 2.36. The van der Waals surface area contributed by atoms with Crippen LogP contribution in [0.3, 0.4) is 0 Å². The molecule has 0 atom stereocenters. The zero-order chi connectivity index (χ0) is 14.5. The molecule has 0 bridgehead atoms. The van der Waals surface area contributed by atoms with Gasteiger partial charge >= 0.3 is 0 Å². The minimum Gasteiger partial charge on any atom is -0.387 e. The molecule has 0 saturated heterocycles. The Hall–Kier alpha value is -1.51. The SMILES string of the molecule is Cc1cccc(N(C)CCCCC(C)(C)C(=N)N)c1. The molecule has 3 nitrogen and oxygen atoms in total. The van der Waals surface area contributed by atoms with E-state index in [1.54, 1.807) is 0 Å². The molecule has 0 fully saturated rings. The molecule has 3 N–H and O–H groups in total. The Morgan fingerprint density at radius 1 is 1.32 bits per heavy atom. The summed E-state index contributed by atoms with van der Waals surface area (Å²) < 4.78 is 0. The lowest BCUT2D eigenvalue weighted by atomic mass is 9.86. The van der Waals surface area contributed by atoms with E-state index < -0.39 is 0 Å². The van der Waals surface area contributed by atoms with Crippen LogP contribution >= 0.6 is 0 Å². The Morgan fingerprint density at radius 3 is 2.58 bits per heavy atom. The summed E-state index contributed by atoms with van der Waals surface area (Å²) in [5, 5.41) is 7.54. The van der Waals surface area contributed by atoms with Gasteiger partial charge in [0.2, 0.25) is 0 Å². The zero-order valence-electron chi connectivity index (χ0n) is 12.7. The summed E-state index contributed by atoms with van der Waals surface area (Å²) in [6.07, 6.45) is 3.20. The fourth-order valence-electron chi connectivity index (χ4n) is 2.05. The number of benzene rings is 1. The van der Waals surface area contributed by atoms with E-state index in [0.29, 0.717) is 5.84 Å². The van der Waals surface area contributed by atoms with E-state index in [-0.39, 0.29) is 5.41 Å². The molecule has 0 spiro atoms. The molecule has 0 heterocycles. The third kappa shape index (κ3) is 4.93. The van der Waals surface area contributed by atoms with Crippen LogP contribution in [0, 0.1) is 17.7 Å². The van der Waals surface area contributed by atoms with Crippen molar-refractivity contribution in [3.05, 3.63) is 29.8 Å². The number of hydrogen-bond donors (Lipinski definition) is 2. The highest BCUT2D eigenvalue weighted by Gasteiger charge is 2.20. The van der Waals surface area contributed by atoms with Crippen molar-refractivity contribution in [1.29, 1.82) is 5.41 Å². The molecule has 19 heavy (non-hydrogen) atoms. The van der Waals surface area contributed by atoms with Gasteiger partial charge in [0.1, 0.15) is 0 Å². The van der Waals surface area contributed by atoms with E-state index in [0.717, 1.165) is 25.8 Å². The number of nitrogens with one attached hydrogen (secondary N) is 1. The van der Waals surface area contributed by atoms with Crippen LogP contribution in [-0.4, -0.2) is 19.4 Å². The summed E-state index contributed by atoms with van der Waals surface area (Å²) in [5.74, 6) is 0.291. The van der Waals surface area contributed by atoms with Crippen LogP contribution in [0.15, 0.2) is 24.3 Å². The molecular weight excluding hydrogens is 234 g/mol. The van der Waals surface area contributed by atoms with Gasteiger partial charge in [0.25, 0.3) is 0 Å². The number of nitrogens with zero attached hydrogens (tertiary/aromatic N) is 1. The van der Waals surface area contributed by atoms with E-state index >= 15 is 0 Å². The van der Waals surface area contributed by atoms with Gasteiger partial charge in [-0.25, -0.2) is 0 Å². The monoisotopic (exact) mass is 261 g/mol. The summed E-state index contributed by atoms with van der Waals surface area (Å²) in [4.78, 5) is 2.29. The Morgan fingerprint density at radius 2 is 2.00 bits per heavy atom. The Labute approximate surface area is 117 Å². The van der Waals surface area contributed by atoms with E-state index in [1.807, 2.05) is 13.8 Å². The average Bonchev–Trinajstić information content (AvgIpc) is 2.34. The van der Waals surface area contributed by atoms with Crippen molar-refractivity contribution < 1.29 is 0 Å². The zero-order valence-corrected chi connectivity index (χ0v) is 12.7. The molecule has 0 aliphatic carbocycles. The van der Waals surface area contributed by atoms with E-state index in [4.69, 9.17) is 11.1 Å². The largest absolute Gasteiger partial charge is 0.387 e. The van der Waals surface area contributed by atoms with Crippen LogP contribution in [0.5, 0.6) is 0 Å². The number of rotatable bonds is 7. The third-order valence-corrected chi connectivity index (χ3v) is 3.72. The van der Waals surface area contributed by atoms with Crippen molar-refractivity contribution in [2.45, 2.75) is 40.0 Å². The fourth-order valence-corrected chi connectivity index (χ4v) is 2.05. The number of anilines is 1. The molecule has 106 valence electrons. The number of unbranched alkanes of at least 4 members (excludes halogenated alkanes) is 1. The van der Waals surface area contributed by atoms with Crippen LogP contribution in [0.2, 0.25) is 0 Å². The summed E-state index contributed by atoms with van der Waals surface area (Å²) in [6, 6.07) is 8.57. The first-order valence-electron chi connectivity index (χ1n) is 6.95. The van der Waals surface area contributed by atoms with Gasteiger partial charge in [-0.3, -0.25) is 5.41 Å². The lowest BCUT2D eigenvalue weighted by Gasteiger charge is -2.24. The summed E-state index contributed by atoms with van der Waals surface area (Å²) in [5.41, 5.74) is 7.99. The van der Waals surface area contributed by atoms with E-state index in [9.17, 15) is 0 Å². The number of nitrogens with two attached hydrogens (primary N) is 1. The van der Waals surface area contributed by atoms with E-state index in [1.165, 1.54) is 11.3 Å². The van der Waals surface area contributed by atoms with Crippen LogP contribution in [0.4, 0.5) is 5.69 Å². The van der Waals surface area contributed by atoms with Gasteiger partial charge in [-0.15, -0.1) is 0 Å². The fraction of sp³-hybridized carbons (Fsp3) is 0.562. The molecule has 3 heteroatoms. The molecule has 0 aliphatic heterocycles. The second-order valence-corrected chi connectivity index (χ2v) is 6.02. The summed E-state index contributed by atoms with van der Waals surface area (Å²) in [6.45, 7) is 7.24. The lowest BCUT2D eigenvalue weighted by molar-refractivity contribution is 0.442. The molecule has 1 aromatic carbocycles. The highest BCUT2D eigenvalue weighted by atomic mass is 15.1. The molecule has 0 saturated carbocycles. The minimum atomic E-state index is -0.165. The molecule has 1 rings (SSSR count). The number of aryl methyl sites for hydroxylation is 1. The predicted molar refractivity (Wildman–Crippen MR) is 84.0 cm³/mol. The number of amidine groups is 1. The summed E-state index contributed by atoms with van der Waals surface area (Å²) >= 11 is 0. The highest BCUT2D eigenvalue weighted by molar-refractivity contribution is 5.82. The van der Waals surface area contributed by atoms with Crippen LogP contribution in [-0.2, 0) is 0 Å². The first-order valence-corrected chi connectivity index (χ1v) is 6.95. The molecule has 1 aromatic rings. The maximum absolute atomic E-state index is 7.54. The third-order valence-electron chi connectivity index (χ3n) is 3.72. The molecular formula is C16H27N3. The maximum Gasteiger partial charge on any atom is 0.0963 e. The van der Waals surface area contributed by atoms with Crippen molar-refractivity contribution in [2.24, 2.45) is 11.1 Å². The molecule has 0 amide bonds. The van der Waals surface area contributed by atoms with Gasteiger partial charge in [0.05, 0.1) is 5.84 Å². The van der Waals surface area contributed by atoms with Crippen molar-refractivity contribution in [1.82, 2.24) is 0 Å². The van der Waals surface area contributed by atoms with Crippen molar-refractivity contribution in [3.63, 3.8) is 0 Å². The van der Waals surface area contributed by atoms with Crippen LogP contribution in [0.25, 0.3) is 0 Å². The Kier molecular flexibility index (Phi) is 5.40. The van der Waals surface area contributed by atoms with Crippen molar-refractivity contribution >= 4 is 11.5 Å². The average molecular weight is 261 g/mol. The first-order chi connectivity index (χ1) is 8.83. The minimum absolute atomic E-state index is 0.165. The van der Waals surface area contributed by atoms with Gasteiger partial charge in [0, 0.05) is 24.7 Å². The number of hydrogen-bond acceptors (Lipinski definition) is 2. The van der Waals surface area contributed by atoms with Crippen LogP contribution < -0.4 is 10.6 Å². The lowest BCUT2D eigenvalue weighted by Crippen LogP contribution is -2.31. The van der Waals surface area contributed by atoms with Gasteiger partial charge in [-0.2, -0.15) is 0 Å². The topological polar surface area (TPSA) is 53.1 Å². The second kappa shape index (κ2) is 6.60. The second-order valence-electron chi connectivity index (χ2n) is 6.02. The quantitative estimate of drug-likeness (QED) is 0.448. The standard InChI is InChI=1S/C16H27N3/c1-13-8-7-9-14(12-13)19(4)11-6-5-10-16(2,3)15(17)18/h7-9,12H,5-6,10-11H2,1-4H3,(H3,17,18). The highest BCUT2D eigenvalue weighted by Crippen LogP contribution is 2.23. The van der Waals surface area contributed by atoms with Gasteiger partial charge in [-0.1, -0.05) is 32.4 Å². The van der Waals surface area contributed by atoms with E-state index in [2.05, 4.69) is 43.1 Å². The molecule has 0 radical (unpaired) electrons. The molecule has 0 aromatic heterocycles.